The smallest absolute Gasteiger partial charge is 0.550 e. The maximum atomic E-state index is 10.3. The molecule has 0 bridgehead atoms. The first-order valence-corrected chi connectivity index (χ1v) is 35.9. The normalized spacial score (nSPS) is 10.6. The number of unbranched alkanes of at least 4 members (excludes halogenated alkanes) is 56. The van der Waals surface area contributed by atoms with Gasteiger partial charge in [0.25, 0.3) is 0 Å². The summed E-state index contributed by atoms with van der Waals surface area (Å²) in [5, 5.41) is 37.5. The van der Waals surface area contributed by atoms with Gasteiger partial charge in [0, 0.05) is 41.8 Å². The van der Waals surface area contributed by atoms with Gasteiger partial charge in [-0.3, -0.25) is 9.59 Å². The summed E-state index contributed by atoms with van der Waals surface area (Å²) in [6, 6.07) is 0. The van der Waals surface area contributed by atoms with E-state index >= 15 is 0 Å². The van der Waals surface area contributed by atoms with Crippen LogP contribution in [0.15, 0.2) is 0 Å². The molecule has 0 aromatic heterocycles. The Morgan fingerprint density at radius 1 is 0.207 bits per heavy atom. The van der Waals surface area contributed by atoms with Crippen LogP contribution in [0.5, 0.6) is 0 Å². The van der Waals surface area contributed by atoms with Crippen LogP contribution < -0.4 is 10.2 Å². The monoisotopic (exact) mass is 1340 g/mol. The number of aliphatic carboxylic acids is 4. The largest absolute Gasteiger partial charge is 2.00 e. The van der Waals surface area contributed by atoms with Crippen molar-refractivity contribution >= 4 is 72.8 Å². The first-order chi connectivity index (χ1) is 39.1. The van der Waals surface area contributed by atoms with Crippen molar-refractivity contribution in [2.24, 2.45) is 0 Å². The summed E-state index contributed by atoms with van der Waals surface area (Å²) in [4.78, 5) is 41.1. The van der Waals surface area contributed by atoms with E-state index in [0.717, 1.165) is 51.4 Å². The second-order valence-corrected chi connectivity index (χ2v) is 24.3. The fourth-order valence-electron chi connectivity index (χ4n) is 10.6. The zero-order valence-corrected chi connectivity index (χ0v) is 61.0. The van der Waals surface area contributed by atoms with E-state index in [1.165, 1.54) is 334 Å². The van der Waals surface area contributed by atoms with E-state index in [2.05, 4.69) is 27.7 Å². The minimum atomic E-state index is -0.903. The topological polar surface area (TPSA) is 155 Å². The van der Waals surface area contributed by atoms with Crippen molar-refractivity contribution in [1.82, 2.24) is 0 Å². The third-order valence-corrected chi connectivity index (χ3v) is 16.0. The second-order valence-electron chi connectivity index (χ2n) is 24.3. The van der Waals surface area contributed by atoms with Gasteiger partial charge in [0.15, 0.2) is 0 Å². The molecule has 10 heteroatoms. The van der Waals surface area contributed by atoms with Gasteiger partial charge in [-0.25, -0.2) is 0 Å². The number of carboxylic acids is 4. The first kappa shape index (κ1) is 93.1. The molecule has 0 spiro atoms. The molecule has 0 saturated heterocycles. The predicted octanol–water partition coefficient (Wildman–Crippen LogP) is 22.3. The zero-order valence-electron chi connectivity index (χ0n) is 55.6. The first-order valence-electron chi connectivity index (χ1n) is 35.9. The summed E-state index contributed by atoms with van der Waals surface area (Å²) in [5.41, 5.74) is 0. The summed E-state index contributed by atoms with van der Waals surface area (Å²) in [7, 11) is 0. The van der Waals surface area contributed by atoms with Gasteiger partial charge in [-0.1, -0.05) is 387 Å². The van der Waals surface area contributed by atoms with Crippen molar-refractivity contribution in [1.29, 1.82) is 0 Å². The molecule has 82 heavy (non-hydrogen) atoms. The van der Waals surface area contributed by atoms with E-state index in [1.54, 1.807) is 0 Å². The number of hydrogen-bond acceptors (Lipinski definition) is 6. The van der Waals surface area contributed by atoms with E-state index in [4.69, 9.17) is 10.2 Å². The van der Waals surface area contributed by atoms with Gasteiger partial charge in [-0.2, -0.15) is 0 Å². The van der Waals surface area contributed by atoms with Crippen LogP contribution in [0.3, 0.4) is 0 Å². The Labute approximate surface area is 563 Å². The van der Waals surface area contributed by atoms with Crippen molar-refractivity contribution in [3.8, 4) is 0 Å². The summed E-state index contributed by atoms with van der Waals surface area (Å²) in [6.45, 7) is 9.07. The molecular weight excluding hydrogens is 1190 g/mol. The van der Waals surface area contributed by atoms with Crippen molar-refractivity contribution in [2.75, 3.05) is 0 Å². The fraction of sp³-hybridized carbons (Fsp3) is 0.944. The molecule has 0 aliphatic rings. The molecule has 0 aromatic carbocycles. The summed E-state index contributed by atoms with van der Waals surface area (Å²) >= 11 is 0. The van der Waals surface area contributed by atoms with Crippen LogP contribution in [-0.2, 0) is 36.2 Å². The van der Waals surface area contributed by atoms with E-state index < -0.39 is 23.9 Å². The van der Waals surface area contributed by atoms with Crippen LogP contribution in [0, 0.1) is 0 Å². The van der Waals surface area contributed by atoms with Crippen LogP contribution >= 0.6 is 0 Å². The van der Waals surface area contributed by atoms with Crippen molar-refractivity contribution < 1.29 is 56.7 Å². The van der Waals surface area contributed by atoms with E-state index in [1.807, 2.05) is 0 Å². The Morgan fingerprint density at radius 2 is 0.305 bits per heavy atom. The minimum Gasteiger partial charge on any atom is -0.550 e. The molecule has 0 aliphatic carbocycles. The molecule has 0 fully saturated rings. The van der Waals surface area contributed by atoms with Gasteiger partial charge < -0.3 is 30.0 Å². The molecule has 0 unspecified atom stereocenters. The standard InChI is InChI=1S/4C18H36O2.Ba.Cu/c4*1-2-3-4-5-6-7-8-9-10-11-12-13-14-15-16-17-18(19)20;;/h4*2-17H2,1H3,(H,19,20);;/q;;;;+2;/p-2. The molecule has 0 rings (SSSR count). The maximum absolute atomic E-state index is 10.3. The van der Waals surface area contributed by atoms with Gasteiger partial charge >= 0.3 is 60.8 Å². The minimum absolute atomic E-state index is 0. The molecule has 2 N–H and O–H groups in total. The number of carbonyl (C=O) groups excluding carboxylic acids is 2. The molecule has 0 aliphatic heterocycles. The maximum Gasteiger partial charge on any atom is 2.00 e. The average Bonchev–Trinajstić information content (AvgIpc) is 3.43. The van der Waals surface area contributed by atoms with Crippen LogP contribution in [0.25, 0.3) is 0 Å². The Kier molecular flexibility index (Phi) is 102. The summed E-state index contributed by atoms with van der Waals surface area (Å²) < 4.78 is 0. The molecule has 0 aromatic rings. The van der Waals surface area contributed by atoms with E-state index in [9.17, 15) is 29.4 Å². The Balaban J connectivity index is -0.000000233. The van der Waals surface area contributed by atoms with Crippen molar-refractivity contribution in [2.45, 2.75) is 439 Å². The van der Waals surface area contributed by atoms with E-state index in [-0.39, 0.29) is 78.8 Å². The number of rotatable bonds is 64. The molecule has 0 heterocycles. The van der Waals surface area contributed by atoms with E-state index in [0.29, 0.717) is 12.8 Å². The van der Waals surface area contributed by atoms with Gasteiger partial charge in [-0.05, 0) is 38.5 Å². The molecular formula is C72H142BaCuO8. The number of hydrogen-bond donors (Lipinski definition) is 2. The zero-order chi connectivity index (χ0) is 59.6. The van der Waals surface area contributed by atoms with Gasteiger partial charge in [0.2, 0.25) is 0 Å². The van der Waals surface area contributed by atoms with Gasteiger partial charge in [0.05, 0.1) is 0 Å². The quantitative estimate of drug-likeness (QED) is 0.0451. The average molecular weight is 1340 g/mol. The van der Waals surface area contributed by atoms with Crippen LogP contribution in [-0.4, -0.2) is 83.0 Å². The second kappa shape index (κ2) is 89.7. The SMILES string of the molecule is CCCCCCCCCCCCCCCCCC(=O)O.CCCCCCCCCCCCCCCCCC(=O)O.CCCCCCCCCCCCCCCCCC(=O)[O-].CCCCCCCCCCCCCCCCCC(=O)[O-].[Ba+2].[Cu]. The molecule has 8 nitrogen and oxygen atoms in total. The number of carboxylic acid groups (broad SMARTS) is 4. The Bertz CT molecular complexity index is 998. The van der Waals surface area contributed by atoms with Crippen LogP contribution in [0.2, 0.25) is 0 Å². The van der Waals surface area contributed by atoms with Crippen LogP contribution in [0.1, 0.15) is 439 Å². The van der Waals surface area contributed by atoms with Crippen molar-refractivity contribution in [3.05, 3.63) is 0 Å². The third kappa shape index (κ3) is 108. The summed E-state index contributed by atoms with van der Waals surface area (Å²) in [6.07, 6.45) is 80.1. The summed E-state index contributed by atoms with van der Waals surface area (Å²) in [5.74, 6) is -3.11. The molecule has 491 valence electrons. The van der Waals surface area contributed by atoms with Crippen LogP contribution in [0.4, 0.5) is 0 Å². The third-order valence-electron chi connectivity index (χ3n) is 16.0. The molecule has 0 atom stereocenters. The molecule has 1 radical (unpaired) electrons. The Hall–Kier alpha value is -0.0291. The molecule has 0 saturated carbocycles. The fourth-order valence-corrected chi connectivity index (χ4v) is 10.6. The van der Waals surface area contributed by atoms with Gasteiger partial charge in [-0.15, -0.1) is 0 Å². The van der Waals surface area contributed by atoms with Crippen molar-refractivity contribution in [3.63, 3.8) is 0 Å². The number of carbonyl (C=O) groups is 4. The molecule has 0 amide bonds. The van der Waals surface area contributed by atoms with Gasteiger partial charge in [0.1, 0.15) is 0 Å². The predicted molar refractivity (Wildman–Crippen MR) is 349 cm³/mol. The Morgan fingerprint density at radius 3 is 0.402 bits per heavy atom.